The minimum absolute atomic E-state index is 0.0809. The molecule has 1 saturated heterocycles. The van der Waals surface area contributed by atoms with Gasteiger partial charge in [-0.1, -0.05) is 36.5 Å². The standard InChI is InChI=1S/C21H17F4NO3S3/c22-16-6-5-12(9-15(16)21(23,24)25)13-8-14(31-11-13)10-17-19(29)26(20(30)32-17)7-3-1-2-4-18(27)28/h5-6,8-11H,1-4,7H2,(H,27,28). The second kappa shape index (κ2) is 10.1. The minimum atomic E-state index is -4.79. The van der Waals surface area contributed by atoms with Crippen LogP contribution < -0.4 is 0 Å². The van der Waals surface area contributed by atoms with Crippen LogP contribution in [0.1, 0.15) is 36.1 Å². The molecule has 170 valence electrons. The summed E-state index contributed by atoms with van der Waals surface area (Å²) in [6, 6.07) is 4.47. The highest BCUT2D eigenvalue weighted by Gasteiger charge is 2.34. The molecule has 4 nitrogen and oxygen atoms in total. The van der Waals surface area contributed by atoms with Gasteiger partial charge in [0, 0.05) is 17.8 Å². The number of amides is 1. The lowest BCUT2D eigenvalue weighted by Gasteiger charge is -2.13. The van der Waals surface area contributed by atoms with Crippen LogP contribution in [-0.2, 0) is 15.8 Å². The fourth-order valence-corrected chi connectivity index (χ4v) is 5.27. The number of unbranched alkanes of at least 4 members (excludes halogenated alkanes) is 2. The first kappa shape index (κ1) is 24.4. The Morgan fingerprint density at radius 2 is 1.91 bits per heavy atom. The van der Waals surface area contributed by atoms with Gasteiger partial charge < -0.3 is 5.11 Å². The maximum absolute atomic E-state index is 13.5. The molecular weight excluding hydrogens is 486 g/mol. The number of carbonyl (C=O) groups is 2. The van der Waals surface area contributed by atoms with Crippen LogP contribution in [0.15, 0.2) is 34.6 Å². The van der Waals surface area contributed by atoms with Gasteiger partial charge in [0.25, 0.3) is 5.91 Å². The van der Waals surface area contributed by atoms with Crippen LogP contribution in [0.5, 0.6) is 0 Å². The molecule has 1 fully saturated rings. The first-order chi connectivity index (χ1) is 15.1. The molecule has 0 bridgehead atoms. The van der Waals surface area contributed by atoms with Crippen molar-refractivity contribution in [1.29, 1.82) is 0 Å². The molecule has 1 amide bonds. The smallest absolute Gasteiger partial charge is 0.419 e. The van der Waals surface area contributed by atoms with E-state index in [1.807, 2.05) is 0 Å². The third-order valence-electron chi connectivity index (χ3n) is 4.64. The molecule has 1 N–H and O–H groups in total. The zero-order chi connectivity index (χ0) is 23.5. The molecule has 1 aliphatic heterocycles. The number of aliphatic carboxylic acids is 1. The third kappa shape index (κ3) is 5.96. The topological polar surface area (TPSA) is 57.6 Å². The summed E-state index contributed by atoms with van der Waals surface area (Å²) < 4.78 is 52.9. The van der Waals surface area contributed by atoms with Crippen LogP contribution >= 0.6 is 35.3 Å². The van der Waals surface area contributed by atoms with E-state index < -0.39 is 23.5 Å². The number of carboxylic acids is 1. The number of carbonyl (C=O) groups excluding carboxylic acids is 1. The van der Waals surface area contributed by atoms with Gasteiger partial charge >= 0.3 is 12.1 Å². The highest BCUT2D eigenvalue weighted by atomic mass is 32.2. The molecule has 32 heavy (non-hydrogen) atoms. The van der Waals surface area contributed by atoms with Gasteiger partial charge in [0.05, 0.1) is 10.5 Å². The van der Waals surface area contributed by atoms with Crippen molar-refractivity contribution >= 4 is 57.6 Å². The van der Waals surface area contributed by atoms with Crippen LogP contribution in [0.2, 0.25) is 0 Å². The Bertz CT molecular complexity index is 1080. The number of thiophene rings is 1. The monoisotopic (exact) mass is 503 g/mol. The zero-order valence-corrected chi connectivity index (χ0v) is 18.9. The first-order valence-corrected chi connectivity index (χ1v) is 11.6. The van der Waals surface area contributed by atoms with Crippen molar-refractivity contribution in [3.8, 4) is 11.1 Å². The van der Waals surface area contributed by atoms with Crippen molar-refractivity contribution in [1.82, 2.24) is 4.90 Å². The van der Waals surface area contributed by atoms with Crippen molar-refractivity contribution in [3.63, 3.8) is 0 Å². The summed E-state index contributed by atoms with van der Waals surface area (Å²) in [6.45, 7) is 0.396. The Morgan fingerprint density at radius 1 is 1.16 bits per heavy atom. The fourth-order valence-electron chi connectivity index (χ4n) is 3.05. The van der Waals surface area contributed by atoms with Crippen LogP contribution in [0, 0.1) is 5.82 Å². The van der Waals surface area contributed by atoms with Crippen molar-refractivity contribution in [2.75, 3.05) is 6.54 Å². The lowest BCUT2D eigenvalue weighted by Crippen LogP contribution is -2.29. The van der Waals surface area contributed by atoms with Gasteiger partial charge in [-0.25, -0.2) is 4.39 Å². The number of thiocarbonyl (C=S) groups is 1. The number of benzene rings is 1. The molecule has 0 aliphatic carbocycles. The average molecular weight is 504 g/mol. The highest BCUT2D eigenvalue weighted by Crippen LogP contribution is 2.37. The molecule has 1 aromatic heterocycles. The van der Waals surface area contributed by atoms with Crippen LogP contribution in [0.3, 0.4) is 0 Å². The molecule has 2 heterocycles. The molecule has 0 unspecified atom stereocenters. The molecule has 3 rings (SSSR count). The largest absolute Gasteiger partial charge is 0.481 e. The number of halogens is 4. The summed E-state index contributed by atoms with van der Waals surface area (Å²) in [5.74, 6) is -2.44. The molecule has 0 radical (unpaired) electrons. The van der Waals surface area contributed by atoms with Crippen molar-refractivity contribution in [2.45, 2.75) is 31.9 Å². The molecule has 1 aromatic carbocycles. The van der Waals surface area contributed by atoms with Gasteiger partial charge in [-0.05, 0) is 53.6 Å². The average Bonchev–Trinajstić information content (AvgIpc) is 3.27. The fraction of sp³-hybridized carbons (Fsp3) is 0.286. The lowest BCUT2D eigenvalue weighted by atomic mass is 10.0. The summed E-state index contributed by atoms with van der Waals surface area (Å²) in [4.78, 5) is 25.7. The van der Waals surface area contributed by atoms with Gasteiger partial charge in [-0.3, -0.25) is 14.5 Å². The summed E-state index contributed by atoms with van der Waals surface area (Å²) >= 11 is 7.66. The molecule has 2 aromatic rings. The second-order valence-corrected chi connectivity index (χ2v) is 9.59. The Labute approximate surface area is 194 Å². The molecular formula is C21H17F4NO3S3. The Morgan fingerprint density at radius 3 is 2.59 bits per heavy atom. The lowest BCUT2D eigenvalue weighted by molar-refractivity contribution is -0.140. The number of nitrogens with zero attached hydrogens (tertiary/aromatic N) is 1. The number of alkyl halides is 3. The van der Waals surface area contributed by atoms with Crippen LogP contribution in [0.4, 0.5) is 17.6 Å². The van der Waals surface area contributed by atoms with Gasteiger partial charge in [0.2, 0.25) is 0 Å². The Hall–Kier alpha value is -2.24. The number of hydrogen-bond acceptors (Lipinski definition) is 5. The van der Waals surface area contributed by atoms with E-state index in [1.54, 1.807) is 17.5 Å². The summed E-state index contributed by atoms with van der Waals surface area (Å²) in [5, 5.41) is 10.3. The van der Waals surface area contributed by atoms with E-state index >= 15 is 0 Å². The predicted octanol–water partition coefficient (Wildman–Crippen LogP) is 6.42. The maximum atomic E-state index is 13.5. The third-order valence-corrected chi connectivity index (χ3v) is 6.90. The molecule has 0 spiro atoms. The van der Waals surface area contributed by atoms with E-state index in [-0.39, 0.29) is 17.9 Å². The second-order valence-electron chi connectivity index (χ2n) is 6.97. The maximum Gasteiger partial charge on any atom is 0.419 e. The molecule has 11 heteroatoms. The van der Waals surface area contributed by atoms with Crippen molar-refractivity contribution in [2.24, 2.45) is 0 Å². The summed E-state index contributed by atoms with van der Waals surface area (Å²) in [7, 11) is 0. The predicted molar refractivity (Wildman–Crippen MR) is 121 cm³/mol. The van der Waals surface area contributed by atoms with E-state index in [0.717, 1.165) is 23.9 Å². The Kier molecular flexibility index (Phi) is 7.73. The van der Waals surface area contributed by atoms with E-state index in [9.17, 15) is 27.2 Å². The van der Waals surface area contributed by atoms with Crippen LogP contribution in [0.25, 0.3) is 17.2 Å². The van der Waals surface area contributed by atoms with E-state index in [0.29, 0.717) is 45.5 Å². The van der Waals surface area contributed by atoms with Crippen molar-refractivity contribution < 1.29 is 32.3 Å². The molecule has 1 aliphatic rings. The summed E-state index contributed by atoms with van der Waals surface area (Å²) in [6.07, 6.45) is -1.27. The SMILES string of the molecule is O=C(O)CCCCCN1C(=O)C(=Cc2cc(-c3ccc(F)c(C(F)(F)F)c3)cs2)SC1=S. The number of thioether (sulfide) groups is 1. The molecule has 0 saturated carbocycles. The van der Waals surface area contributed by atoms with Gasteiger partial charge in [0.1, 0.15) is 10.1 Å². The van der Waals surface area contributed by atoms with E-state index in [1.165, 1.54) is 22.3 Å². The van der Waals surface area contributed by atoms with Crippen LogP contribution in [-0.4, -0.2) is 32.7 Å². The quantitative estimate of drug-likeness (QED) is 0.195. The van der Waals surface area contributed by atoms with Gasteiger partial charge in [-0.2, -0.15) is 13.2 Å². The number of hydrogen-bond donors (Lipinski definition) is 1. The normalized spacial score (nSPS) is 15.8. The van der Waals surface area contributed by atoms with E-state index in [4.69, 9.17) is 17.3 Å². The Balaban J connectivity index is 1.69. The number of carboxylic acid groups (broad SMARTS) is 1. The first-order valence-electron chi connectivity index (χ1n) is 9.49. The minimum Gasteiger partial charge on any atom is -0.481 e. The zero-order valence-electron chi connectivity index (χ0n) is 16.4. The number of rotatable bonds is 8. The van der Waals surface area contributed by atoms with Crippen molar-refractivity contribution in [3.05, 3.63) is 50.8 Å². The van der Waals surface area contributed by atoms with E-state index in [2.05, 4.69) is 0 Å². The summed E-state index contributed by atoms with van der Waals surface area (Å²) in [5.41, 5.74) is -0.615. The van der Waals surface area contributed by atoms with Gasteiger partial charge in [-0.15, -0.1) is 11.3 Å². The highest BCUT2D eigenvalue weighted by molar-refractivity contribution is 8.26. The van der Waals surface area contributed by atoms with Gasteiger partial charge in [0.15, 0.2) is 0 Å². The molecule has 0 atom stereocenters.